The quantitative estimate of drug-likeness (QED) is 0.215. The smallest absolute Gasteiger partial charge is 0.373 e. The largest absolute Gasteiger partial charge is 0.390 e. The van der Waals surface area contributed by atoms with Crippen LogP contribution in [-0.4, -0.2) is 48.2 Å². The molecule has 0 rings (SSSR count). The zero-order chi connectivity index (χ0) is 15.5. The fourth-order valence-electron chi connectivity index (χ4n) is 0.803. The molecule has 0 saturated carbocycles. The molecule has 0 aromatic carbocycles. The van der Waals surface area contributed by atoms with E-state index in [0.29, 0.717) is 12.6 Å². The molecule has 9 nitrogen and oxygen atoms in total. The van der Waals surface area contributed by atoms with Gasteiger partial charge in [0.2, 0.25) is 0 Å². The van der Waals surface area contributed by atoms with Crippen molar-refractivity contribution in [2.45, 2.75) is 26.1 Å². The first-order valence-electron chi connectivity index (χ1n) is 5.82. The van der Waals surface area contributed by atoms with Crippen molar-refractivity contribution in [3.63, 3.8) is 0 Å². The van der Waals surface area contributed by atoms with E-state index < -0.39 is 32.3 Å². The van der Waals surface area contributed by atoms with Gasteiger partial charge in [-0.25, -0.2) is 9.78 Å². The normalized spacial score (nSPS) is 18.8. The second kappa shape index (κ2) is 11.0. The third-order valence-electron chi connectivity index (χ3n) is 2.37. The molecule has 0 aliphatic carbocycles. The third kappa shape index (κ3) is 8.49. The molecule has 0 aromatic heterocycles. The predicted molar refractivity (Wildman–Crippen MR) is 65.5 cm³/mol. The molecular weight excluding hydrogens is 295 g/mol. The minimum absolute atomic E-state index is 0.371. The summed E-state index contributed by atoms with van der Waals surface area (Å²) >= 11 is 0. The van der Waals surface area contributed by atoms with Crippen LogP contribution in [0.1, 0.15) is 13.8 Å². The molecule has 0 aliphatic heterocycles. The van der Waals surface area contributed by atoms with Crippen molar-refractivity contribution in [2.24, 2.45) is 11.8 Å². The fraction of sp³-hybridized carbons (Fsp3) is 0.800. The summed E-state index contributed by atoms with van der Waals surface area (Å²) in [7, 11) is -3.14. The van der Waals surface area contributed by atoms with E-state index in [9.17, 15) is 24.4 Å². The van der Waals surface area contributed by atoms with Crippen LogP contribution in [0.4, 0.5) is 0 Å². The summed E-state index contributed by atoms with van der Waals surface area (Å²) in [6.45, 7) is 2.20. The lowest BCUT2D eigenvalue weighted by Crippen LogP contribution is -2.24. The van der Waals surface area contributed by atoms with E-state index in [1.165, 1.54) is 13.8 Å². The minimum atomic E-state index is -3.14. The Kier molecular flexibility index (Phi) is 10.7. The third-order valence-corrected chi connectivity index (χ3v) is 2.88. The summed E-state index contributed by atoms with van der Waals surface area (Å²) < 4.78 is 19.6. The summed E-state index contributed by atoms with van der Waals surface area (Å²) in [5.74, 6) is -1.31. The average Bonchev–Trinajstić information content (AvgIpc) is 2.44. The molecule has 0 aliphatic rings. The molecule has 10 heteroatoms. The van der Waals surface area contributed by atoms with Gasteiger partial charge < -0.3 is 19.8 Å². The highest BCUT2D eigenvalue weighted by atomic mass is 31.1. The van der Waals surface area contributed by atoms with E-state index in [1.54, 1.807) is 0 Å². The predicted octanol–water partition coefficient (Wildman–Crippen LogP) is -0.336. The van der Waals surface area contributed by atoms with Crippen molar-refractivity contribution in [1.82, 2.24) is 0 Å². The van der Waals surface area contributed by atoms with Crippen LogP contribution in [0.2, 0.25) is 0 Å². The topological polar surface area (TPSA) is 129 Å². The molecule has 0 amide bonds. The number of aldehydes is 2. The SMILES string of the molecule is CC(C=O)C(O)COO[PH](=O)OOCC(O)C(C)C=O. The van der Waals surface area contributed by atoms with Gasteiger partial charge in [-0.05, 0) is 0 Å². The Morgan fingerprint density at radius 3 is 1.60 bits per heavy atom. The Balaban J connectivity index is 3.69. The first-order chi connectivity index (χ1) is 9.42. The highest BCUT2D eigenvalue weighted by Gasteiger charge is 2.16. The zero-order valence-electron chi connectivity index (χ0n) is 11.1. The van der Waals surface area contributed by atoms with Gasteiger partial charge in [-0.15, -0.1) is 9.35 Å². The summed E-state index contributed by atoms with van der Waals surface area (Å²) in [6.07, 6.45) is -1.13. The highest BCUT2D eigenvalue weighted by molar-refractivity contribution is 7.32. The maximum absolute atomic E-state index is 11.1. The number of carbonyl (C=O) groups is 2. The van der Waals surface area contributed by atoms with Crippen LogP contribution in [0.25, 0.3) is 0 Å². The number of hydrogen-bond donors (Lipinski definition) is 2. The Hall–Kier alpha value is -0.670. The Labute approximate surface area is 116 Å². The Morgan fingerprint density at radius 1 is 0.950 bits per heavy atom. The van der Waals surface area contributed by atoms with E-state index in [2.05, 4.69) is 19.1 Å². The van der Waals surface area contributed by atoms with Gasteiger partial charge in [-0.3, -0.25) is 4.57 Å². The van der Waals surface area contributed by atoms with Gasteiger partial charge in [-0.2, -0.15) is 0 Å². The van der Waals surface area contributed by atoms with Crippen LogP contribution in [0.3, 0.4) is 0 Å². The van der Waals surface area contributed by atoms with Gasteiger partial charge in [0.15, 0.2) is 0 Å². The van der Waals surface area contributed by atoms with Crippen LogP contribution < -0.4 is 0 Å². The summed E-state index contributed by atoms with van der Waals surface area (Å²) in [6, 6.07) is 0. The molecule has 2 N–H and O–H groups in total. The van der Waals surface area contributed by atoms with Gasteiger partial charge in [0.1, 0.15) is 25.8 Å². The fourth-order valence-corrected chi connectivity index (χ4v) is 1.16. The first-order valence-corrected chi connectivity index (χ1v) is 7.04. The molecule has 0 spiro atoms. The molecule has 20 heavy (non-hydrogen) atoms. The molecule has 0 radical (unpaired) electrons. The van der Waals surface area contributed by atoms with Gasteiger partial charge in [0.25, 0.3) is 0 Å². The molecule has 0 bridgehead atoms. The average molecular weight is 314 g/mol. The van der Waals surface area contributed by atoms with Crippen molar-refractivity contribution in [1.29, 1.82) is 0 Å². The van der Waals surface area contributed by atoms with Crippen molar-refractivity contribution < 1.29 is 43.5 Å². The zero-order valence-corrected chi connectivity index (χ0v) is 12.1. The van der Waals surface area contributed by atoms with Crippen LogP contribution in [0.15, 0.2) is 0 Å². The number of rotatable bonds is 12. The second-order valence-electron chi connectivity index (χ2n) is 4.11. The number of aliphatic hydroxyl groups is 2. The molecule has 4 atom stereocenters. The lowest BCUT2D eigenvalue weighted by molar-refractivity contribution is -0.274. The van der Waals surface area contributed by atoms with Crippen molar-refractivity contribution in [3.05, 3.63) is 0 Å². The van der Waals surface area contributed by atoms with Crippen LogP contribution >= 0.6 is 8.25 Å². The number of carbonyl (C=O) groups excluding carboxylic acids is 2. The van der Waals surface area contributed by atoms with Crippen LogP contribution in [0, 0.1) is 11.8 Å². The maximum Gasteiger partial charge on any atom is 0.373 e. The minimum Gasteiger partial charge on any atom is -0.390 e. The van der Waals surface area contributed by atoms with Gasteiger partial charge >= 0.3 is 8.25 Å². The molecule has 0 aromatic rings. The lowest BCUT2D eigenvalue weighted by atomic mass is 10.1. The monoisotopic (exact) mass is 314 g/mol. The molecular formula is C10H19O9P. The molecule has 0 saturated heterocycles. The van der Waals surface area contributed by atoms with E-state index in [-0.39, 0.29) is 13.2 Å². The molecule has 4 unspecified atom stereocenters. The van der Waals surface area contributed by atoms with E-state index in [4.69, 9.17) is 0 Å². The van der Waals surface area contributed by atoms with Gasteiger partial charge in [0.05, 0.1) is 12.2 Å². The second-order valence-corrected chi connectivity index (χ2v) is 4.94. The Bertz CT molecular complexity index is 283. The number of hydrogen-bond acceptors (Lipinski definition) is 9. The van der Waals surface area contributed by atoms with Crippen molar-refractivity contribution in [2.75, 3.05) is 13.2 Å². The first kappa shape index (κ1) is 19.3. The van der Waals surface area contributed by atoms with E-state index >= 15 is 0 Å². The standard InChI is InChI=1S/C10H19O9P/c1-7(3-11)9(13)5-16-18-20(15)19-17-6-10(14)8(2)4-12/h3-4,7-10,13-14,20H,5-6H2,1-2H3. The highest BCUT2D eigenvalue weighted by Crippen LogP contribution is 2.24. The van der Waals surface area contributed by atoms with Crippen molar-refractivity contribution in [3.8, 4) is 0 Å². The van der Waals surface area contributed by atoms with Crippen LogP contribution in [0.5, 0.6) is 0 Å². The molecule has 118 valence electrons. The van der Waals surface area contributed by atoms with Gasteiger partial charge in [0, 0.05) is 11.8 Å². The van der Waals surface area contributed by atoms with E-state index in [1.807, 2.05) is 0 Å². The summed E-state index contributed by atoms with van der Waals surface area (Å²) in [5.41, 5.74) is 0. The number of aliphatic hydroxyl groups excluding tert-OH is 2. The van der Waals surface area contributed by atoms with E-state index in [0.717, 1.165) is 0 Å². The molecule has 0 fully saturated rings. The van der Waals surface area contributed by atoms with Gasteiger partial charge in [-0.1, -0.05) is 13.8 Å². The molecule has 0 heterocycles. The Morgan fingerprint density at radius 2 is 1.30 bits per heavy atom. The lowest BCUT2D eigenvalue weighted by Gasteiger charge is -2.13. The van der Waals surface area contributed by atoms with Crippen LogP contribution in [-0.2, 0) is 33.3 Å². The summed E-state index contributed by atoms with van der Waals surface area (Å²) in [4.78, 5) is 29.5. The van der Waals surface area contributed by atoms with Crippen molar-refractivity contribution >= 4 is 20.8 Å². The summed E-state index contributed by atoms with van der Waals surface area (Å²) in [5, 5.41) is 18.6. The maximum atomic E-state index is 11.1.